The quantitative estimate of drug-likeness (QED) is 0.314. The predicted molar refractivity (Wildman–Crippen MR) is 126 cm³/mol. The van der Waals surface area contributed by atoms with Gasteiger partial charge in [0, 0.05) is 58.1 Å². The van der Waals surface area contributed by atoms with Gasteiger partial charge in [0.15, 0.2) is 10.2 Å². The smallest absolute Gasteiger partial charge is 0.158 e. The predicted octanol–water partition coefficient (Wildman–Crippen LogP) is 5.57. The SMILES string of the molecule is Cc1cc(-c2ncnn2C)c2cccc(OCc3c(Cl)cncc3Sc3nccs3)c2n1. The van der Waals surface area contributed by atoms with Gasteiger partial charge in [-0.15, -0.1) is 11.3 Å². The Kier molecular flexibility index (Phi) is 5.77. The second kappa shape index (κ2) is 8.85. The highest BCUT2D eigenvalue weighted by Crippen LogP contribution is 2.36. The number of aryl methyl sites for hydroxylation is 2. The molecule has 0 aliphatic rings. The Labute approximate surface area is 197 Å². The third-order valence-electron chi connectivity index (χ3n) is 4.83. The summed E-state index contributed by atoms with van der Waals surface area (Å²) >= 11 is 9.58. The minimum absolute atomic E-state index is 0.281. The largest absolute Gasteiger partial charge is 0.487 e. The molecule has 4 heterocycles. The van der Waals surface area contributed by atoms with Crippen molar-refractivity contribution in [2.24, 2.45) is 7.05 Å². The van der Waals surface area contributed by atoms with Gasteiger partial charge in [0.1, 0.15) is 24.2 Å². The number of nitrogens with zero attached hydrogens (tertiary/aromatic N) is 6. The molecule has 0 amide bonds. The van der Waals surface area contributed by atoms with E-state index in [2.05, 4.69) is 20.1 Å². The van der Waals surface area contributed by atoms with Gasteiger partial charge in [-0.2, -0.15) is 5.10 Å². The molecule has 0 radical (unpaired) electrons. The fourth-order valence-corrected chi connectivity index (χ4v) is 5.33. The summed E-state index contributed by atoms with van der Waals surface area (Å²) in [5, 5.41) is 7.64. The van der Waals surface area contributed by atoms with E-state index in [0.29, 0.717) is 10.8 Å². The summed E-state index contributed by atoms with van der Waals surface area (Å²) < 4.78 is 8.93. The van der Waals surface area contributed by atoms with Crippen LogP contribution in [0.5, 0.6) is 5.75 Å². The van der Waals surface area contributed by atoms with Crippen LogP contribution in [0.4, 0.5) is 0 Å². The van der Waals surface area contributed by atoms with E-state index in [0.717, 1.165) is 42.8 Å². The van der Waals surface area contributed by atoms with Crippen molar-refractivity contribution in [3.05, 3.63) is 70.8 Å². The summed E-state index contributed by atoms with van der Waals surface area (Å²) in [6, 6.07) is 7.90. The maximum atomic E-state index is 6.48. The number of hydrogen-bond donors (Lipinski definition) is 0. The first-order valence-electron chi connectivity index (χ1n) is 9.67. The average molecular weight is 481 g/mol. The molecule has 0 aliphatic carbocycles. The van der Waals surface area contributed by atoms with Gasteiger partial charge in [0.05, 0.1) is 5.02 Å². The van der Waals surface area contributed by atoms with Crippen molar-refractivity contribution in [1.82, 2.24) is 29.7 Å². The lowest BCUT2D eigenvalue weighted by molar-refractivity contribution is 0.306. The number of pyridine rings is 2. The van der Waals surface area contributed by atoms with Gasteiger partial charge >= 0.3 is 0 Å². The highest BCUT2D eigenvalue weighted by Gasteiger charge is 2.16. The first kappa shape index (κ1) is 20.9. The molecule has 0 fully saturated rings. The Bertz CT molecular complexity index is 1400. The number of fused-ring (bicyclic) bond motifs is 1. The molecular weight excluding hydrogens is 464 g/mol. The van der Waals surface area contributed by atoms with Gasteiger partial charge in [-0.1, -0.05) is 35.5 Å². The molecule has 1 aromatic carbocycles. The Balaban J connectivity index is 1.51. The van der Waals surface area contributed by atoms with E-state index in [1.54, 1.807) is 40.9 Å². The van der Waals surface area contributed by atoms with Gasteiger partial charge in [0.25, 0.3) is 0 Å². The highest BCUT2D eigenvalue weighted by molar-refractivity contribution is 8.01. The second-order valence-electron chi connectivity index (χ2n) is 6.96. The van der Waals surface area contributed by atoms with Gasteiger partial charge in [0.2, 0.25) is 0 Å². The van der Waals surface area contributed by atoms with Crippen LogP contribution in [0, 0.1) is 6.92 Å². The van der Waals surface area contributed by atoms with Crippen LogP contribution in [0.25, 0.3) is 22.3 Å². The van der Waals surface area contributed by atoms with Gasteiger partial charge < -0.3 is 4.74 Å². The standard InChI is InChI=1S/C22H17ClN6OS2/c1-13-8-15(21-26-12-27-29(21)2)14-4-3-5-18(20(14)28-13)30-11-16-17(23)9-24-10-19(16)32-22-25-6-7-31-22/h3-10,12H,11H2,1-2H3. The van der Waals surface area contributed by atoms with Crippen LogP contribution in [0.3, 0.4) is 0 Å². The molecule has 4 aromatic heterocycles. The maximum Gasteiger partial charge on any atom is 0.158 e. The van der Waals surface area contributed by atoms with Crippen molar-refractivity contribution in [2.75, 3.05) is 0 Å². The molecule has 0 unspecified atom stereocenters. The van der Waals surface area contributed by atoms with Crippen molar-refractivity contribution < 1.29 is 4.74 Å². The number of rotatable bonds is 6. The van der Waals surface area contributed by atoms with Crippen molar-refractivity contribution in [1.29, 1.82) is 0 Å². The van der Waals surface area contributed by atoms with Crippen LogP contribution in [0.2, 0.25) is 5.02 Å². The fourth-order valence-electron chi connectivity index (χ4n) is 3.37. The molecule has 0 saturated carbocycles. The zero-order valence-electron chi connectivity index (χ0n) is 17.2. The number of para-hydroxylation sites is 1. The van der Waals surface area contributed by atoms with Gasteiger partial charge in [-0.25, -0.2) is 19.6 Å². The summed E-state index contributed by atoms with van der Waals surface area (Å²) in [5.41, 5.74) is 3.46. The third-order valence-corrected chi connectivity index (χ3v) is 7.11. The van der Waals surface area contributed by atoms with E-state index in [9.17, 15) is 0 Å². The van der Waals surface area contributed by atoms with Crippen molar-refractivity contribution in [3.8, 4) is 17.1 Å². The van der Waals surface area contributed by atoms with Crippen molar-refractivity contribution >= 4 is 45.6 Å². The highest BCUT2D eigenvalue weighted by atomic mass is 35.5. The van der Waals surface area contributed by atoms with Gasteiger partial charge in [-0.05, 0) is 19.1 Å². The lowest BCUT2D eigenvalue weighted by atomic mass is 10.1. The minimum Gasteiger partial charge on any atom is -0.487 e. The molecule has 0 aliphatic heterocycles. The summed E-state index contributed by atoms with van der Waals surface area (Å²) in [6.45, 7) is 2.24. The topological polar surface area (TPSA) is 78.6 Å². The Hall–Kier alpha value is -3.01. The van der Waals surface area contributed by atoms with Crippen molar-refractivity contribution in [2.45, 2.75) is 22.8 Å². The number of thiazole rings is 1. The van der Waals surface area contributed by atoms with E-state index in [1.807, 2.05) is 43.6 Å². The van der Waals surface area contributed by atoms with Crippen LogP contribution < -0.4 is 4.74 Å². The zero-order valence-corrected chi connectivity index (χ0v) is 19.6. The molecule has 5 aromatic rings. The first-order chi connectivity index (χ1) is 15.6. The van der Waals surface area contributed by atoms with E-state index in [4.69, 9.17) is 21.3 Å². The second-order valence-corrected chi connectivity index (χ2v) is 9.55. The van der Waals surface area contributed by atoms with Gasteiger partial charge in [-0.3, -0.25) is 4.98 Å². The Morgan fingerprint density at radius 2 is 2.12 bits per heavy atom. The van der Waals surface area contributed by atoms with E-state index < -0.39 is 0 Å². The van der Waals surface area contributed by atoms with Crippen LogP contribution in [0.15, 0.2) is 63.8 Å². The number of benzene rings is 1. The molecule has 0 bridgehead atoms. The molecule has 10 heteroatoms. The molecule has 7 nitrogen and oxygen atoms in total. The zero-order chi connectivity index (χ0) is 22.1. The first-order valence-corrected chi connectivity index (χ1v) is 11.7. The summed E-state index contributed by atoms with van der Waals surface area (Å²) in [4.78, 5) is 18.6. The van der Waals surface area contributed by atoms with Crippen LogP contribution in [0.1, 0.15) is 11.3 Å². The Morgan fingerprint density at radius 3 is 2.91 bits per heavy atom. The van der Waals surface area contributed by atoms with Crippen LogP contribution in [-0.4, -0.2) is 29.7 Å². The van der Waals surface area contributed by atoms with Crippen LogP contribution >= 0.6 is 34.7 Å². The van der Waals surface area contributed by atoms with Crippen LogP contribution in [-0.2, 0) is 13.7 Å². The lowest BCUT2D eigenvalue weighted by Gasteiger charge is -2.14. The number of ether oxygens (including phenoxy) is 1. The summed E-state index contributed by atoms with van der Waals surface area (Å²) in [7, 11) is 1.87. The molecule has 0 saturated heterocycles. The molecule has 32 heavy (non-hydrogen) atoms. The summed E-state index contributed by atoms with van der Waals surface area (Å²) in [6.07, 6.45) is 6.74. The lowest BCUT2D eigenvalue weighted by Crippen LogP contribution is -2.02. The van der Waals surface area contributed by atoms with Crippen molar-refractivity contribution in [3.63, 3.8) is 0 Å². The van der Waals surface area contributed by atoms with E-state index in [1.165, 1.54) is 11.8 Å². The number of aromatic nitrogens is 6. The Morgan fingerprint density at radius 1 is 1.22 bits per heavy atom. The summed E-state index contributed by atoms with van der Waals surface area (Å²) in [5.74, 6) is 1.45. The molecule has 0 spiro atoms. The molecule has 160 valence electrons. The molecule has 0 N–H and O–H groups in total. The molecule has 0 atom stereocenters. The fraction of sp³-hybridized carbons (Fsp3) is 0.136. The number of halogens is 1. The average Bonchev–Trinajstić information content (AvgIpc) is 3.44. The minimum atomic E-state index is 0.281. The molecule has 5 rings (SSSR count). The third kappa shape index (κ3) is 4.06. The van der Waals surface area contributed by atoms with E-state index in [-0.39, 0.29) is 6.61 Å². The van der Waals surface area contributed by atoms with E-state index >= 15 is 0 Å². The monoisotopic (exact) mass is 480 g/mol. The molecular formula is C22H17ClN6OS2. The number of hydrogen-bond acceptors (Lipinski definition) is 8. The normalized spacial score (nSPS) is 11.2. The maximum absolute atomic E-state index is 6.48.